The molecule has 1 aromatic carbocycles. The summed E-state index contributed by atoms with van der Waals surface area (Å²) in [6.07, 6.45) is -0.256. The molecular weight excluding hydrogens is 318 g/mol. The van der Waals surface area contributed by atoms with Crippen LogP contribution in [0.3, 0.4) is 0 Å². The lowest BCUT2D eigenvalue weighted by molar-refractivity contribution is -0.117. The second-order valence-corrected chi connectivity index (χ2v) is 7.03. The molecule has 0 aromatic heterocycles. The van der Waals surface area contributed by atoms with Gasteiger partial charge in [0.25, 0.3) is 0 Å². The van der Waals surface area contributed by atoms with Crippen molar-refractivity contribution in [1.82, 2.24) is 9.80 Å². The first-order valence-electron chi connectivity index (χ1n) is 8.87. The van der Waals surface area contributed by atoms with Gasteiger partial charge in [-0.05, 0) is 37.0 Å². The molecule has 2 rings (SSSR count). The van der Waals surface area contributed by atoms with Gasteiger partial charge in [-0.3, -0.25) is 9.69 Å². The van der Waals surface area contributed by atoms with E-state index in [9.17, 15) is 9.59 Å². The van der Waals surface area contributed by atoms with Crippen molar-refractivity contribution in [1.29, 1.82) is 0 Å². The zero-order valence-corrected chi connectivity index (χ0v) is 15.7. The second kappa shape index (κ2) is 8.85. The molecule has 1 aliphatic heterocycles. The maximum Gasteiger partial charge on any atom is 0.409 e. The Kier molecular flexibility index (Phi) is 6.82. The van der Waals surface area contributed by atoms with Crippen LogP contribution in [0.15, 0.2) is 18.2 Å². The van der Waals surface area contributed by atoms with E-state index in [1.54, 1.807) is 4.90 Å². The highest BCUT2D eigenvalue weighted by molar-refractivity contribution is 5.93. The van der Waals surface area contributed by atoms with Gasteiger partial charge >= 0.3 is 6.09 Å². The highest BCUT2D eigenvalue weighted by atomic mass is 16.6. The van der Waals surface area contributed by atoms with Crippen LogP contribution >= 0.6 is 0 Å². The van der Waals surface area contributed by atoms with E-state index in [2.05, 4.69) is 10.2 Å². The van der Waals surface area contributed by atoms with Gasteiger partial charge in [0, 0.05) is 31.9 Å². The van der Waals surface area contributed by atoms with Gasteiger partial charge in [-0.15, -0.1) is 0 Å². The molecule has 0 aliphatic carbocycles. The molecule has 1 aliphatic rings. The van der Waals surface area contributed by atoms with Gasteiger partial charge in [0.1, 0.15) is 0 Å². The van der Waals surface area contributed by atoms with E-state index < -0.39 is 0 Å². The minimum absolute atomic E-state index is 0.0236. The van der Waals surface area contributed by atoms with Crippen molar-refractivity contribution < 1.29 is 14.3 Å². The van der Waals surface area contributed by atoms with E-state index >= 15 is 0 Å². The normalized spacial score (nSPS) is 15.3. The summed E-state index contributed by atoms with van der Waals surface area (Å²) in [5, 5.41) is 2.98. The molecule has 2 amide bonds. The van der Waals surface area contributed by atoms with Crippen LogP contribution in [0.4, 0.5) is 10.5 Å². The molecule has 6 nitrogen and oxygen atoms in total. The predicted molar refractivity (Wildman–Crippen MR) is 98.7 cm³/mol. The summed E-state index contributed by atoms with van der Waals surface area (Å²) in [4.78, 5) is 28.0. The zero-order valence-electron chi connectivity index (χ0n) is 15.7. The van der Waals surface area contributed by atoms with Crippen molar-refractivity contribution in [2.75, 3.05) is 44.6 Å². The maximum atomic E-state index is 12.3. The molecule has 1 aromatic rings. The van der Waals surface area contributed by atoms with Gasteiger partial charge in [0.05, 0.1) is 13.2 Å². The van der Waals surface area contributed by atoms with Crippen molar-refractivity contribution in [2.45, 2.75) is 27.7 Å². The Morgan fingerprint density at radius 1 is 1.16 bits per heavy atom. The number of carbonyl (C=O) groups excluding carboxylic acids is 2. The zero-order chi connectivity index (χ0) is 18.4. The number of rotatable bonds is 5. The Bertz CT molecular complexity index is 608. The SMILES string of the molecule is Cc1cccc(NC(=O)CN2CCN(C(=O)OCC(C)C)CC2)c1C. The quantitative estimate of drug-likeness (QED) is 0.889. The highest BCUT2D eigenvalue weighted by Crippen LogP contribution is 2.18. The van der Waals surface area contributed by atoms with Gasteiger partial charge in [-0.1, -0.05) is 26.0 Å². The number of hydrogen-bond acceptors (Lipinski definition) is 4. The van der Waals surface area contributed by atoms with Gasteiger partial charge < -0.3 is 15.0 Å². The third kappa shape index (κ3) is 5.74. The number of carbonyl (C=O) groups is 2. The summed E-state index contributed by atoms with van der Waals surface area (Å²) < 4.78 is 5.25. The monoisotopic (exact) mass is 347 g/mol. The molecule has 25 heavy (non-hydrogen) atoms. The summed E-state index contributed by atoms with van der Waals surface area (Å²) in [6, 6.07) is 5.89. The van der Waals surface area contributed by atoms with E-state index in [0.717, 1.165) is 16.8 Å². The summed E-state index contributed by atoms with van der Waals surface area (Å²) in [5.74, 6) is 0.309. The van der Waals surface area contributed by atoms with Crippen LogP contribution in [0, 0.1) is 19.8 Å². The first kappa shape index (κ1) is 19.2. The van der Waals surface area contributed by atoms with Crippen molar-refractivity contribution in [3.63, 3.8) is 0 Å². The second-order valence-electron chi connectivity index (χ2n) is 7.03. The van der Waals surface area contributed by atoms with Crippen LogP contribution in [-0.4, -0.2) is 61.1 Å². The van der Waals surface area contributed by atoms with Crippen LogP contribution in [0.5, 0.6) is 0 Å². The van der Waals surface area contributed by atoms with E-state index in [1.165, 1.54) is 0 Å². The summed E-state index contributed by atoms with van der Waals surface area (Å²) in [7, 11) is 0. The Balaban J connectivity index is 1.77. The number of aryl methyl sites for hydroxylation is 1. The fraction of sp³-hybridized carbons (Fsp3) is 0.579. The molecule has 1 saturated heterocycles. The van der Waals surface area contributed by atoms with Gasteiger partial charge in [0.2, 0.25) is 5.91 Å². The molecule has 0 saturated carbocycles. The van der Waals surface area contributed by atoms with Crippen molar-refractivity contribution in [2.24, 2.45) is 5.92 Å². The average Bonchev–Trinajstić information content (AvgIpc) is 2.57. The van der Waals surface area contributed by atoms with Gasteiger partial charge in [-0.25, -0.2) is 4.79 Å². The summed E-state index contributed by atoms with van der Waals surface area (Å²) in [5.41, 5.74) is 3.11. The van der Waals surface area contributed by atoms with Crippen LogP contribution in [0.25, 0.3) is 0 Å². The number of ether oxygens (including phenoxy) is 1. The lowest BCUT2D eigenvalue weighted by atomic mass is 10.1. The summed E-state index contributed by atoms with van der Waals surface area (Å²) in [6.45, 7) is 11.4. The number of amides is 2. The van der Waals surface area contributed by atoms with E-state index in [-0.39, 0.29) is 12.0 Å². The molecule has 1 N–H and O–H groups in total. The van der Waals surface area contributed by atoms with Gasteiger partial charge in [0.15, 0.2) is 0 Å². The maximum absolute atomic E-state index is 12.3. The number of nitrogens with one attached hydrogen (secondary N) is 1. The topological polar surface area (TPSA) is 61.9 Å². The fourth-order valence-electron chi connectivity index (χ4n) is 2.70. The Labute approximate surface area is 150 Å². The number of nitrogens with zero attached hydrogens (tertiary/aromatic N) is 2. The number of piperazine rings is 1. The molecule has 1 heterocycles. The molecular formula is C19H29N3O3. The molecule has 138 valence electrons. The van der Waals surface area contributed by atoms with Crippen LogP contribution in [0.1, 0.15) is 25.0 Å². The number of hydrogen-bond donors (Lipinski definition) is 1. The molecule has 0 unspecified atom stereocenters. The largest absolute Gasteiger partial charge is 0.449 e. The number of benzene rings is 1. The van der Waals surface area contributed by atoms with E-state index in [4.69, 9.17) is 4.74 Å². The fourth-order valence-corrected chi connectivity index (χ4v) is 2.70. The van der Waals surface area contributed by atoms with Crippen molar-refractivity contribution in [3.05, 3.63) is 29.3 Å². The Hall–Kier alpha value is -2.08. The molecule has 0 spiro atoms. The Morgan fingerprint density at radius 3 is 2.48 bits per heavy atom. The van der Waals surface area contributed by atoms with E-state index in [1.807, 2.05) is 45.9 Å². The van der Waals surface area contributed by atoms with Crippen LogP contribution in [-0.2, 0) is 9.53 Å². The third-order valence-corrected chi connectivity index (χ3v) is 4.42. The van der Waals surface area contributed by atoms with Gasteiger partial charge in [-0.2, -0.15) is 0 Å². The molecule has 0 radical (unpaired) electrons. The number of anilines is 1. The Morgan fingerprint density at radius 2 is 1.84 bits per heavy atom. The minimum atomic E-state index is -0.256. The van der Waals surface area contributed by atoms with Crippen LogP contribution < -0.4 is 5.32 Å². The van der Waals surface area contributed by atoms with Crippen molar-refractivity contribution >= 4 is 17.7 Å². The minimum Gasteiger partial charge on any atom is -0.449 e. The predicted octanol–water partition coefficient (Wildman–Crippen LogP) is 2.65. The first-order valence-corrected chi connectivity index (χ1v) is 8.87. The summed E-state index contributed by atoms with van der Waals surface area (Å²) >= 11 is 0. The standard InChI is InChI=1S/C19H29N3O3/c1-14(2)13-25-19(24)22-10-8-21(9-11-22)12-18(23)20-17-7-5-6-15(3)16(17)4/h5-7,14H,8-13H2,1-4H3,(H,20,23). The third-order valence-electron chi connectivity index (χ3n) is 4.42. The average molecular weight is 347 g/mol. The van der Waals surface area contributed by atoms with Crippen LogP contribution in [0.2, 0.25) is 0 Å². The van der Waals surface area contributed by atoms with Crippen molar-refractivity contribution in [3.8, 4) is 0 Å². The molecule has 0 atom stereocenters. The van der Waals surface area contributed by atoms with E-state index in [0.29, 0.717) is 45.2 Å². The molecule has 6 heteroatoms. The molecule has 1 fully saturated rings. The first-order chi connectivity index (χ1) is 11.9. The smallest absolute Gasteiger partial charge is 0.409 e. The lowest BCUT2D eigenvalue weighted by Gasteiger charge is -2.33. The molecule has 0 bridgehead atoms. The highest BCUT2D eigenvalue weighted by Gasteiger charge is 2.23. The lowest BCUT2D eigenvalue weighted by Crippen LogP contribution is -2.50.